The zero-order valence-electron chi connectivity index (χ0n) is 14.5. The molecule has 4 unspecified atom stereocenters. The number of hydrogen-bond donors (Lipinski definition) is 1. The van der Waals surface area contributed by atoms with Gasteiger partial charge in [-0.25, -0.2) is 0 Å². The van der Waals surface area contributed by atoms with Gasteiger partial charge in [-0.2, -0.15) is 0 Å². The van der Waals surface area contributed by atoms with Crippen LogP contribution in [0.4, 0.5) is 0 Å². The van der Waals surface area contributed by atoms with Gasteiger partial charge in [0.1, 0.15) is 0 Å². The minimum atomic E-state index is 0.768. The normalized spacial score (nSPS) is 37.1. The van der Waals surface area contributed by atoms with Gasteiger partial charge < -0.3 is 5.32 Å². The number of nitrogens with one attached hydrogen (secondary N) is 1. The maximum atomic E-state index is 3.89. The molecule has 0 aromatic heterocycles. The van der Waals surface area contributed by atoms with Crippen LogP contribution >= 0.6 is 0 Å². The lowest BCUT2D eigenvalue weighted by molar-refractivity contribution is 0.0950. The van der Waals surface area contributed by atoms with Gasteiger partial charge in [0, 0.05) is 25.2 Å². The van der Waals surface area contributed by atoms with Crippen molar-refractivity contribution in [1.29, 1.82) is 0 Å². The molecule has 122 valence electrons. The van der Waals surface area contributed by atoms with E-state index in [4.69, 9.17) is 0 Å². The van der Waals surface area contributed by atoms with E-state index in [1.807, 2.05) is 0 Å². The summed E-state index contributed by atoms with van der Waals surface area (Å²) in [6.45, 7) is 11.2. The maximum absolute atomic E-state index is 3.89. The highest BCUT2D eigenvalue weighted by atomic mass is 15.2. The van der Waals surface area contributed by atoms with Gasteiger partial charge in [0.25, 0.3) is 0 Å². The van der Waals surface area contributed by atoms with Crippen LogP contribution < -0.4 is 5.32 Å². The molecule has 0 amide bonds. The standard InChI is InChI=1S/C19H36N2/c1-4-9-20-19-11-14(2)10-15(3)18(19)13-21(17-7-8-17)12-16-5-6-16/h14-20H,4-13H2,1-3H3. The summed E-state index contributed by atoms with van der Waals surface area (Å²) in [6.07, 6.45) is 10.0. The molecule has 2 nitrogen and oxygen atoms in total. The van der Waals surface area contributed by atoms with Crippen LogP contribution in [0.15, 0.2) is 0 Å². The summed E-state index contributed by atoms with van der Waals surface area (Å²) in [7, 11) is 0. The zero-order chi connectivity index (χ0) is 14.8. The van der Waals surface area contributed by atoms with Crippen molar-refractivity contribution >= 4 is 0 Å². The van der Waals surface area contributed by atoms with Crippen LogP contribution in [0.1, 0.15) is 65.7 Å². The Morgan fingerprint density at radius 2 is 1.76 bits per heavy atom. The SMILES string of the molecule is CCCNC1CC(C)CC(C)C1CN(CC1CC1)C1CC1. The summed E-state index contributed by atoms with van der Waals surface area (Å²) in [6, 6.07) is 1.72. The van der Waals surface area contributed by atoms with Crippen molar-refractivity contribution in [3.8, 4) is 0 Å². The summed E-state index contributed by atoms with van der Waals surface area (Å²) in [4.78, 5) is 2.88. The van der Waals surface area contributed by atoms with Crippen molar-refractivity contribution in [2.75, 3.05) is 19.6 Å². The van der Waals surface area contributed by atoms with Crippen LogP contribution in [-0.2, 0) is 0 Å². The van der Waals surface area contributed by atoms with E-state index in [0.29, 0.717) is 0 Å². The Labute approximate surface area is 132 Å². The lowest BCUT2D eigenvalue weighted by Gasteiger charge is -2.42. The Morgan fingerprint density at radius 3 is 2.38 bits per heavy atom. The second-order valence-electron chi connectivity index (χ2n) is 8.41. The monoisotopic (exact) mass is 292 g/mol. The quantitative estimate of drug-likeness (QED) is 0.729. The topological polar surface area (TPSA) is 15.3 Å². The van der Waals surface area contributed by atoms with Gasteiger partial charge in [-0.3, -0.25) is 4.90 Å². The van der Waals surface area contributed by atoms with Gasteiger partial charge in [0.15, 0.2) is 0 Å². The molecule has 0 aliphatic heterocycles. The summed E-state index contributed by atoms with van der Waals surface area (Å²) in [5, 5.41) is 3.89. The first-order valence-corrected chi connectivity index (χ1v) is 9.64. The van der Waals surface area contributed by atoms with Crippen LogP contribution in [-0.4, -0.2) is 36.6 Å². The highest BCUT2D eigenvalue weighted by Crippen LogP contribution is 2.39. The van der Waals surface area contributed by atoms with E-state index < -0.39 is 0 Å². The molecule has 3 rings (SSSR count). The maximum Gasteiger partial charge on any atom is 0.0113 e. The minimum absolute atomic E-state index is 0.768. The van der Waals surface area contributed by atoms with Crippen molar-refractivity contribution in [1.82, 2.24) is 10.2 Å². The third-order valence-corrected chi connectivity index (χ3v) is 6.03. The molecule has 21 heavy (non-hydrogen) atoms. The van der Waals surface area contributed by atoms with Crippen LogP contribution in [0.2, 0.25) is 0 Å². The largest absolute Gasteiger partial charge is 0.314 e. The predicted octanol–water partition coefficient (Wildman–Crippen LogP) is 3.91. The van der Waals surface area contributed by atoms with E-state index in [1.165, 1.54) is 64.6 Å². The lowest BCUT2D eigenvalue weighted by atomic mass is 9.72. The highest BCUT2D eigenvalue weighted by Gasteiger charge is 2.39. The van der Waals surface area contributed by atoms with E-state index in [-0.39, 0.29) is 0 Å². The third-order valence-electron chi connectivity index (χ3n) is 6.03. The first-order chi connectivity index (χ1) is 10.2. The van der Waals surface area contributed by atoms with Gasteiger partial charge in [-0.15, -0.1) is 0 Å². The Hall–Kier alpha value is -0.0800. The van der Waals surface area contributed by atoms with Crippen molar-refractivity contribution in [3.63, 3.8) is 0 Å². The van der Waals surface area contributed by atoms with Crippen LogP contribution in [0.25, 0.3) is 0 Å². The first kappa shape index (κ1) is 15.8. The zero-order valence-corrected chi connectivity index (χ0v) is 14.5. The Balaban J connectivity index is 1.60. The molecule has 3 aliphatic carbocycles. The molecule has 2 heteroatoms. The molecule has 1 N–H and O–H groups in total. The summed E-state index contributed by atoms with van der Waals surface area (Å²) < 4.78 is 0. The predicted molar refractivity (Wildman–Crippen MR) is 90.5 cm³/mol. The molecule has 0 aromatic rings. The van der Waals surface area contributed by atoms with E-state index in [2.05, 4.69) is 31.0 Å². The molecule has 3 fully saturated rings. The van der Waals surface area contributed by atoms with Crippen molar-refractivity contribution in [3.05, 3.63) is 0 Å². The fourth-order valence-corrected chi connectivity index (χ4v) is 4.50. The van der Waals surface area contributed by atoms with Crippen molar-refractivity contribution in [2.24, 2.45) is 23.7 Å². The van der Waals surface area contributed by atoms with Crippen molar-refractivity contribution < 1.29 is 0 Å². The average molecular weight is 293 g/mol. The number of nitrogens with zero attached hydrogens (tertiary/aromatic N) is 1. The summed E-state index contributed by atoms with van der Waals surface area (Å²) >= 11 is 0. The van der Waals surface area contributed by atoms with E-state index in [1.54, 1.807) is 0 Å². The number of hydrogen-bond acceptors (Lipinski definition) is 2. The fraction of sp³-hybridized carbons (Fsp3) is 1.00. The summed E-state index contributed by atoms with van der Waals surface area (Å²) in [5.74, 6) is 3.73. The van der Waals surface area contributed by atoms with E-state index in [9.17, 15) is 0 Å². The smallest absolute Gasteiger partial charge is 0.0113 e. The highest BCUT2D eigenvalue weighted by molar-refractivity contribution is 4.94. The van der Waals surface area contributed by atoms with Crippen LogP contribution in [0, 0.1) is 23.7 Å². The molecule has 0 radical (unpaired) electrons. The van der Waals surface area contributed by atoms with Gasteiger partial charge in [0.2, 0.25) is 0 Å². The first-order valence-electron chi connectivity index (χ1n) is 9.64. The second kappa shape index (κ2) is 7.00. The van der Waals surface area contributed by atoms with Crippen molar-refractivity contribution in [2.45, 2.75) is 77.8 Å². The molecule has 0 heterocycles. The lowest BCUT2D eigenvalue weighted by Crippen LogP contribution is -2.50. The molecule has 0 bridgehead atoms. The number of rotatable bonds is 8. The minimum Gasteiger partial charge on any atom is -0.314 e. The molecule has 3 aliphatic rings. The molecule has 4 atom stereocenters. The molecular weight excluding hydrogens is 256 g/mol. The molecule has 0 saturated heterocycles. The summed E-state index contributed by atoms with van der Waals surface area (Å²) in [5.41, 5.74) is 0. The van der Waals surface area contributed by atoms with Crippen LogP contribution in [0.5, 0.6) is 0 Å². The molecule has 0 spiro atoms. The molecular formula is C19H36N2. The fourth-order valence-electron chi connectivity index (χ4n) is 4.50. The van der Waals surface area contributed by atoms with Gasteiger partial charge in [-0.1, -0.05) is 20.8 Å². The van der Waals surface area contributed by atoms with E-state index >= 15 is 0 Å². The van der Waals surface area contributed by atoms with Gasteiger partial charge in [0.05, 0.1) is 0 Å². The van der Waals surface area contributed by atoms with E-state index in [0.717, 1.165) is 35.8 Å². The van der Waals surface area contributed by atoms with Gasteiger partial charge >= 0.3 is 0 Å². The second-order valence-corrected chi connectivity index (χ2v) is 8.41. The van der Waals surface area contributed by atoms with Crippen LogP contribution in [0.3, 0.4) is 0 Å². The Bertz CT molecular complexity index is 322. The molecule has 0 aromatic carbocycles. The average Bonchev–Trinajstić information content (AvgIpc) is 3.31. The Morgan fingerprint density at radius 1 is 1.00 bits per heavy atom. The third kappa shape index (κ3) is 4.45. The van der Waals surface area contributed by atoms with Gasteiger partial charge in [-0.05, 0) is 75.2 Å². The molecule has 3 saturated carbocycles. The Kier molecular flexibility index (Phi) is 5.27.